The molecule has 26 heavy (non-hydrogen) atoms. The van der Waals surface area contributed by atoms with Gasteiger partial charge in [-0.1, -0.05) is 0 Å². The minimum Gasteiger partial charge on any atom is -0.491 e. The lowest BCUT2D eigenvalue weighted by Crippen LogP contribution is -2.29. The van der Waals surface area contributed by atoms with Gasteiger partial charge in [-0.25, -0.2) is 4.79 Å². The van der Waals surface area contributed by atoms with Crippen LogP contribution < -0.4 is 15.4 Å². The highest BCUT2D eigenvalue weighted by Gasteiger charge is 2.15. The van der Waals surface area contributed by atoms with Crippen molar-refractivity contribution in [2.24, 2.45) is 0 Å². The van der Waals surface area contributed by atoms with Crippen LogP contribution in [-0.4, -0.2) is 42.1 Å². The molecule has 3 rings (SSSR count). The highest BCUT2D eigenvalue weighted by atomic mass is 16.5. The molecule has 0 bridgehead atoms. The van der Waals surface area contributed by atoms with Crippen LogP contribution in [0.15, 0.2) is 30.5 Å². The summed E-state index contributed by atoms with van der Waals surface area (Å²) in [5, 5.41) is 12.6. The number of carbonyl (C=O) groups is 1. The monoisotopic (exact) mass is 358 g/mol. The van der Waals surface area contributed by atoms with Crippen LogP contribution in [0.5, 0.6) is 5.75 Å². The molecule has 1 aliphatic rings. The largest absolute Gasteiger partial charge is 0.491 e. The number of nitrogens with one attached hydrogen (secondary N) is 3. The second-order valence-electron chi connectivity index (χ2n) is 6.48. The van der Waals surface area contributed by atoms with Crippen molar-refractivity contribution in [3.63, 3.8) is 0 Å². The zero-order valence-electron chi connectivity index (χ0n) is 15.1. The highest BCUT2D eigenvalue weighted by molar-refractivity contribution is 5.89. The minimum absolute atomic E-state index is 0.199. The molecule has 1 aromatic heterocycles. The predicted molar refractivity (Wildman–Crippen MR) is 99.6 cm³/mol. The summed E-state index contributed by atoms with van der Waals surface area (Å²) in [4.78, 5) is 11.9. The highest BCUT2D eigenvalue weighted by Crippen LogP contribution is 2.18. The third-order valence-corrected chi connectivity index (χ3v) is 4.41. The fourth-order valence-corrected chi connectivity index (χ4v) is 2.88. The van der Waals surface area contributed by atoms with E-state index in [1.165, 1.54) is 5.56 Å². The van der Waals surface area contributed by atoms with Crippen molar-refractivity contribution in [2.75, 3.05) is 25.1 Å². The summed E-state index contributed by atoms with van der Waals surface area (Å²) < 4.78 is 11.2. The number of urea groups is 1. The van der Waals surface area contributed by atoms with Gasteiger partial charge in [-0.3, -0.25) is 5.10 Å². The summed E-state index contributed by atoms with van der Waals surface area (Å²) in [6.07, 6.45) is 5.94. The SMILES string of the molecule is Cc1[nH]ncc1CCCNC(=O)Nc1ccc(OC[C@@H]2CCCO2)cc1. The van der Waals surface area contributed by atoms with Gasteiger partial charge in [0.05, 0.1) is 12.3 Å². The number of carbonyl (C=O) groups excluding carboxylic acids is 1. The first kappa shape index (κ1) is 18.3. The number of benzene rings is 1. The third kappa shape index (κ3) is 5.49. The van der Waals surface area contributed by atoms with Crippen molar-refractivity contribution in [3.05, 3.63) is 41.7 Å². The summed E-state index contributed by atoms with van der Waals surface area (Å²) in [5.74, 6) is 0.780. The number of nitrogens with zero attached hydrogens (tertiary/aromatic N) is 1. The number of rotatable bonds is 8. The summed E-state index contributed by atoms with van der Waals surface area (Å²) >= 11 is 0. The lowest BCUT2D eigenvalue weighted by atomic mass is 10.1. The van der Waals surface area contributed by atoms with Crippen molar-refractivity contribution in [1.82, 2.24) is 15.5 Å². The molecule has 1 atom stereocenters. The van der Waals surface area contributed by atoms with Crippen LogP contribution in [0.1, 0.15) is 30.5 Å². The Kier molecular flexibility index (Phi) is 6.49. The summed E-state index contributed by atoms with van der Waals surface area (Å²) in [5.41, 5.74) is 3.00. The number of aryl methyl sites for hydroxylation is 2. The van der Waals surface area contributed by atoms with E-state index in [2.05, 4.69) is 20.8 Å². The maximum Gasteiger partial charge on any atom is 0.319 e. The van der Waals surface area contributed by atoms with Gasteiger partial charge in [0, 0.05) is 24.5 Å². The van der Waals surface area contributed by atoms with Crippen molar-refractivity contribution in [2.45, 2.75) is 38.7 Å². The van der Waals surface area contributed by atoms with E-state index >= 15 is 0 Å². The molecular formula is C19H26N4O3. The number of ether oxygens (including phenoxy) is 2. The van der Waals surface area contributed by atoms with Gasteiger partial charge in [0.1, 0.15) is 12.4 Å². The van der Waals surface area contributed by atoms with E-state index in [1.54, 1.807) is 0 Å². The quantitative estimate of drug-likeness (QED) is 0.633. The number of hydrogen-bond donors (Lipinski definition) is 3. The standard InChI is InChI=1S/C19H26N4O3/c1-14-15(12-21-23-14)4-2-10-20-19(24)22-16-6-8-17(9-7-16)26-13-18-5-3-11-25-18/h6-9,12,18H,2-5,10-11,13H2,1H3,(H,21,23)(H2,20,22,24)/t18-/m0/s1. The lowest BCUT2D eigenvalue weighted by Gasteiger charge is -2.12. The summed E-state index contributed by atoms with van der Waals surface area (Å²) in [6.45, 7) is 4.01. The number of anilines is 1. The Morgan fingerprint density at radius 3 is 2.92 bits per heavy atom. The van der Waals surface area contributed by atoms with Gasteiger partial charge < -0.3 is 20.1 Å². The molecule has 140 valence electrons. The van der Waals surface area contributed by atoms with E-state index in [-0.39, 0.29) is 12.1 Å². The van der Waals surface area contributed by atoms with Crippen LogP contribution in [0.4, 0.5) is 10.5 Å². The second kappa shape index (κ2) is 9.24. The number of aromatic nitrogens is 2. The molecule has 7 nitrogen and oxygen atoms in total. The molecule has 0 saturated carbocycles. The molecule has 0 spiro atoms. The Balaban J connectivity index is 1.33. The van der Waals surface area contributed by atoms with E-state index in [9.17, 15) is 4.79 Å². The van der Waals surface area contributed by atoms with Gasteiger partial charge in [0.2, 0.25) is 0 Å². The first-order chi connectivity index (χ1) is 12.7. The van der Waals surface area contributed by atoms with Crippen LogP contribution in [0, 0.1) is 6.92 Å². The topological polar surface area (TPSA) is 88.3 Å². The van der Waals surface area contributed by atoms with Gasteiger partial charge in [-0.15, -0.1) is 0 Å². The Labute approximate surface area is 153 Å². The second-order valence-corrected chi connectivity index (χ2v) is 6.48. The first-order valence-electron chi connectivity index (χ1n) is 9.09. The molecule has 0 radical (unpaired) electrons. The molecule has 0 aliphatic carbocycles. The van der Waals surface area contributed by atoms with Crippen LogP contribution >= 0.6 is 0 Å². The summed E-state index contributed by atoms with van der Waals surface area (Å²) in [6, 6.07) is 7.17. The van der Waals surface area contributed by atoms with Crippen molar-refractivity contribution < 1.29 is 14.3 Å². The molecule has 1 saturated heterocycles. The zero-order chi connectivity index (χ0) is 18.2. The molecule has 2 amide bonds. The molecule has 0 unspecified atom stereocenters. The Bertz CT molecular complexity index is 693. The zero-order valence-corrected chi connectivity index (χ0v) is 15.1. The summed E-state index contributed by atoms with van der Waals surface area (Å²) in [7, 11) is 0. The van der Waals surface area contributed by atoms with E-state index in [0.29, 0.717) is 13.2 Å². The molecule has 1 aliphatic heterocycles. The third-order valence-electron chi connectivity index (χ3n) is 4.41. The average molecular weight is 358 g/mol. The van der Waals surface area contributed by atoms with E-state index in [4.69, 9.17) is 9.47 Å². The molecular weight excluding hydrogens is 332 g/mol. The van der Waals surface area contributed by atoms with Crippen molar-refractivity contribution in [3.8, 4) is 5.75 Å². The smallest absolute Gasteiger partial charge is 0.319 e. The van der Waals surface area contributed by atoms with Gasteiger partial charge in [-0.2, -0.15) is 5.10 Å². The Hall–Kier alpha value is -2.54. The predicted octanol–water partition coefficient (Wildman–Crippen LogP) is 3.03. The number of amides is 2. The maximum absolute atomic E-state index is 11.9. The molecule has 1 fully saturated rings. The fraction of sp³-hybridized carbons (Fsp3) is 0.474. The average Bonchev–Trinajstić information content (AvgIpc) is 3.30. The molecule has 7 heteroatoms. The van der Waals surface area contributed by atoms with E-state index in [1.807, 2.05) is 37.4 Å². The van der Waals surface area contributed by atoms with Gasteiger partial charge in [0.25, 0.3) is 0 Å². The van der Waals surface area contributed by atoms with Crippen molar-refractivity contribution in [1.29, 1.82) is 0 Å². The maximum atomic E-state index is 11.9. The molecule has 2 heterocycles. The van der Waals surface area contributed by atoms with Gasteiger partial charge in [-0.05, 0) is 62.4 Å². The molecule has 3 N–H and O–H groups in total. The van der Waals surface area contributed by atoms with Crippen LogP contribution in [0.25, 0.3) is 0 Å². The van der Waals surface area contributed by atoms with Crippen LogP contribution in [0.3, 0.4) is 0 Å². The minimum atomic E-state index is -0.207. The van der Waals surface area contributed by atoms with Crippen LogP contribution in [0.2, 0.25) is 0 Å². The number of hydrogen-bond acceptors (Lipinski definition) is 4. The van der Waals surface area contributed by atoms with Gasteiger partial charge >= 0.3 is 6.03 Å². The Morgan fingerprint density at radius 1 is 1.38 bits per heavy atom. The van der Waals surface area contributed by atoms with Crippen LogP contribution in [-0.2, 0) is 11.2 Å². The normalized spacial score (nSPS) is 16.4. The molecule has 1 aromatic carbocycles. The number of H-pyrrole nitrogens is 1. The number of aromatic amines is 1. The lowest BCUT2D eigenvalue weighted by molar-refractivity contribution is 0.0679. The first-order valence-corrected chi connectivity index (χ1v) is 9.09. The fourth-order valence-electron chi connectivity index (χ4n) is 2.88. The van der Waals surface area contributed by atoms with Crippen molar-refractivity contribution >= 4 is 11.7 Å². The molecule has 2 aromatic rings. The van der Waals surface area contributed by atoms with Gasteiger partial charge in [0.15, 0.2) is 0 Å². The Morgan fingerprint density at radius 2 is 2.23 bits per heavy atom. The van der Waals surface area contributed by atoms with E-state index in [0.717, 1.165) is 49.4 Å². The van der Waals surface area contributed by atoms with E-state index < -0.39 is 0 Å².